The van der Waals surface area contributed by atoms with Gasteiger partial charge in [0.25, 0.3) is 5.91 Å². The number of benzene rings is 1. The minimum atomic E-state index is -0.0984. The molecule has 4 heteroatoms. The topological polar surface area (TPSA) is 49.3 Å². The van der Waals surface area contributed by atoms with E-state index in [9.17, 15) is 9.90 Å². The molecule has 1 fully saturated rings. The second-order valence-corrected chi connectivity index (χ2v) is 5.79. The Kier molecular flexibility index (Phi) is 3.33. The highest BCUT2D eigenvalue weighted by molar-refractivity contribution is 8.00. The summed E-state index contributed by atoms with van der Waals surface area (Å²) in [6, 6.07) is 5.03. The molecule has 1 aliphatic carbocycles. The first-order valence-corrected chi connectivity index (χ1v) is 6.92. The minimum absolute atomic E-state index is 0.0984. The molecule has 1 amide bonds. The van der Waals surface area contributed by atoms with Gasteiger partial charge in [-0.15, -0.1) is 0 Å². The van der Waals surface area contributed by atoms with Crippen molar-refractivity contribution in [2.24, 2.45) is 0 Å². The molecule has 3 nitrogen and oxygen atoms in total. The minimum Gasteiger partial charge on any atom is -0.508 e. The molecule has 1 aromatic carbocycles. The van der Waals surface area contributed by atoms with Crippen molar-refractivity contribution in [3.63, 3.8) is 0 Å². The third-order valence-corrected chi connectivity index (χ3v) is 4.78. The summed E-state index contributed by atoms with van der Waals surface area (Å²) in [6.45, 7) is 2.47. The summed E-state index contributed by atoms with van der Waals surface area (Å²) in [5.74, 6) is 0.0716. The number of phenols is 1. The number of phenolic OH excluding ortho intramolecular Hbond substituents is 1. The third-order valence-electron chi connectivity index (χ3n) is 3.36. The van der Waals surface area contributed by atoms with E-state index in [0.717, 1.165) is 0 Å². The molecule has 1 aliphatic rings. The van der Waals surface area contributed by atoms with Gasteiger partial charge in [0.1, 0.15) is 5.75 Å². The van der Waals surface area contributed by atoms with Crippen molar-refractivity contribution in [3.05, 3.63) is 29.3 Å². The average molecular weight is 251 g/mol. The highest BCUT2D eigenvalue weighted by Crippen LogP contribution is 2.46. The van der Waals surface area contributed by atoms with Crippen LogP contribution in [0.3, 0.4) is 0 Å². The Hall–Kier alpha value is -1.16. The molecule has 2 N–H and O–H groups in total. The van der Waals surface area contributed by atoms with E-state index < -0.39 is 0 Å². The normalized spacial score (nSPS) is 16.6. The van der Waals surface area contributed by atoms with Crippen LogP contribution >= 0.6 is 11.8 Å². The molecular formula is C13H17NO2S. The zero-order chi connectivity index (χ0) is 12.5. The Labute approximate surface area is 106 Å². The van der Waals surface area contributed by atoms with Gasteiger partial charge in [-0.25, -0.2) is 0 Å². The first-order chi connectivity index (χ1) is 8.08. The van der Waals surface area contributed by atoms with Crippen molar-refractivity contribution in [2.45, 2.75) is 24.5 Å². The molecule has 0 saturated heterocycles. The van der Waals surface area contributed by atoms with Crippen LogP contribution in [0.2, 0.25) is 0 Å². The van der Waals surface area contributed by atoms with Crippen LogP contribution in [0.15, 0.2) is 18.2 Å². The lowest BCUT2D eigenvalue weighted by Gasteiger charge is -2.14. The van der Waals surface area contributed by atoms with Gasteiger partial charge >= 0.3 is 0 Å². The molecule has 1 aromatic rings. The predicted octanol–water partition coefficient (Wildman–Crippen LogP) is 2.33. The number of rotatable bonds is 4. The molecule has 0 bridgehead atoms. The molecule has 0 aromatic heterocycles. The van der Waals surface area contributed by atoms with Gasteiger partial charge in [0.15, 0.2) is 0 Å². The van der Waals surface area contributed by atoms with Crippen LogP contribution in [-0.2, 0) is 0 Å². The highest BCUT2D eigenvalue weighted by Gasteiger charge is 2.41. The fraction of sp³-hybridized carbons (Fsp3) is 0.462. The maximum Gasteiger partial charge on any atom is 0.251 e. The summed E-state index contributed by atoms with van der Waals surface area (Å²) in [5.41, 5.74) is 1.20. The highest BCUT2D eigenvalue weighted by atomic mass is 32.2. The van der Waals surface area contributed by atoms with E-state index in [1.54, 1.807) is 25.1 Å². The van der Waals surface area contributed by atoms with Crippen LogP contribution in [0.5, 0.6) is 5.75 Å². The summed E-state index contributed by atoms with van der Waals surface area (Å²) in [6.07, 6.45) is 4.43. The summed E-state index contributed by atoms with van der Waals surface area (Å²) in [5, 5.41) is 12.5. The van der Waals surface area contributed by atoms with E-state index in [1.165, 1.54) is 12.8 Å². The van der Waals surface area contributed by atoms with E-state index in [1.807, 2.05) is 11.8 Å². The number of hydrogen-bond donors (Lipinski definition) is 2. The smallest absolute Gasteiger partial charge is 0.251 e. The summed E-state index contributed by atoms with van der Waals surface area (Å²) >= 11 is 1.82. The molecule has 17 heavy (non-hydrogen) atoms. The number of carbonyl (C=O) groups is 1. The van der Waals surface area contributed by atoms with Crippen LogP contribution in [0, 0.1) is 6.92 Å². The van der Waals surface area contributed by atoms with Gasteiger partial charge in [-0.2, -0.15) is 11.8 Å². The number of carbonyl (C=O) groups excluding carboxylic acids is 1. The molecular weight excluding hydrogens is 234 g/mol. The first kappa shape index (κ1) is 12.3. The van der Waals surface area contributed by atoms with Crippen molar-refractivity contribution < 1.29 is 9.90 Å². The number of amides is 1. The van der Waals surface area contributed by atoms with Gasteiger partial charge < -0.3 is 10.4 Å². The Morgan fingerprint density at radius 2 is 2.24 bits per heavy atom. The van der Waals surface area contributed by atoms with Crippen LogP contribution in [-0.4, -0.2) is 28.6 Å². The number of nitrogens with one attached hydrogen (secondary N) is 1. The van der Waals surface area contributed by atoms with E-state index in [0.29, 0.717) is 17.7 Å². The van der Waals surface area contributed by atoms with E-state index in [-0.39, 0.29) is 16.4 Å². The fourth-order valence-corrected chi connectivity index (χ4v) is 2.53. The predicted molar refractivity (Wildman–Crippen MR) is 70.7 cm³/mol. The van der Waals surface area contributed by atoms with Crippen molar-refractivity contribution in [3.8, 4) is 5.75 Å². The SMILES string of the molecule is CSC1(CNC(=O)c2cccc(O)c2C)CC1. The monoisotopic (exact) mass is 251 g/mol. The molecule has 0 heterocycles. The van der Waals surface area contributed by atoms with Gasteiger partial charge in [-0.3, -0.25) is 4.79 Å². The van der Waals surface area contributed by atoms with E-state index >= 15 is 0 Å². The zero-order valence-electron chi connectivity index (χ0n) is 10.1. The largest absolute Gasteiger partial charge is 0.508 e. The lowest BCUT2D eigenvalue weighted by molar-refractivity contribution is 0.0952. The van der Waals surface area contributed by atoms with Crippen LogP contribution < -0.4 is 5.32 Å². The van der Waals surface area contributed by atoms with Crippen LogP contribution in [0.4, 0.5) is 0 Å². The maximum absolute atomic E-state index is 12.0. The third kappa shape index (κ3) is 2.57. The molecule has 0 atom stereocenters. The van der Waals surface area contributed by atoms with Gasteiger partial charge in [-0.1, -0.05) is 6.07 Å². The average Bonchev–Trinajstić information content (AvgIpc) is 3.10. The molecule has 0 radical (unpaired) electrons. The number of hydrogen-bond acceptors (Lipinski definition) is 3. The lowest BCUT2D eigenvalue weighted by Crippen LogP contribution is -2.32. The van der Waals surface area contributed by atoms with Gasteiger partial charge in [0.05, 0.1) is 0 Å². The molecule has 0 spiro atoms. The van der Waals surface area contributed by atoms with Crippen LogP contribution in [0.1, 0.15) is 28.8 Å². The van der Waals surface area contributed by atoms with Crippen molar-refractivity contribution in [2.75, 3.05) is 12.8 Å². The van der Waals surface area contributed by atoms with Crippen molar-refractivity contribution in [1.82, 2.24) is 5.32 Å². The number of aromatic hydroxyl groups is 1. The van der Waals surface area contributed by atoms with Crippen LogP contribution in [0.25, 0.3) is 0 Å². The first-order valence-electron chi connectivity index (χ1n) is 5.70. The Morgan fingerprint density at radius 1 is 1.53 bits per heavy atom. The quantitative estimate of drug-likeness (QED) is 0.863. The van der Waals surface area contributed by atoms with Gasteiger partial charge in [0, 0.05) is 22.4 Å². The standard InChI is InChI=1S/C13H17NO2S/c1-9-10(4-3-5-11(9)15)12(16)14-8-13(17-2)6-7-13/h3-5,15H,6-8H2,1-2H3,(H,14,16). The Morgan fingerprint density at radius 3 is 2.82 bits per heavy atom. The molecule has 1 saturated carbocycles. The van der Waals surface area contributed by atoms with E-state index in [4.69, 9.17) is 0 Å². The number of thioether (sulfide) groups is 1. The second-order valence-electron chi connectivity index (χ2n) is 4.52. The van der Waals surface area contributed by atoms with E-state index in [2.05, 4.69) is 11.6 Å². The van der Waals surface area contributed by atoms with Crippen molar-refractivity contribution in [1.29, 1.82) is 0 Å². The molecule has 0 unspecified atom stereocenters. The second kappa shape index (κ2) is 4.61. The lowest BCUT2D eigenvalue weighted by atomic mass is 10.1. The maximum atomic E-state index is 12.0. The molecule has 92 valence electrons. The van der Waals surface area contributed by atoms with Crippen molar-refractivity contribution >= 4 is 17.7 Å². The summed E-state index contributed by atoms with van der Waals surface area (Å²) < 4.78 is 0.264. The summed E-state index contributed by atoms with van der Waals surface area (Å²) in [4.78, 5) is 12.0. The molecule has 0 aliphatic heterocycles. The van der Waals surface area contributed by atoms with Gasteiger partial charge in [0.2, 0.25) is 0 Å². The fourth-order valence-electron chi connectivity index (χ4n) is 1.80. The Bertz CT molecular complexity index is 441. The summed E-state index contributed by atoms with van der Waals surface area (Å²) in [7, 11) is 0. The van der Waals surface area contributed by atoms with Gasteiger partial charge in [-0.05, 0) is 38.2 Å². The Balaban J connectivity index is 2.02. The zero-order valence-corrected chi connectivity index (χ0v) is 10.9. The molecule has 2 rings (SSSR count).